The molecule has 5 aromatic carbocycles. The normalized spacial score (nSPS) is 23.4. The van der Waals surface area contributed by atoms with Crippen molar-refractivity contribution < 1.29 is 25.8 Å². The molecule has 0 radical (unpaired) electrons. The Kier molecular flexibility index (Phi) is 8.56. The van der Waals surface area contributed by atoms with Crippen molar-refractivity contribution in [2.24, 2.45) is 23.7 Å². The van der Waals surface area contributed by atoms with Crippen LogP contribution in [0.3, 0.4) is 0 Å². The van der Waals surface area contributed by atoms with Crippen LogP contribution in [0.5, 0.6) is 11.5 Å². The predicted molar refractivity (Wildman–Crippen MR) is 223 cm³/mol. The van der Waals surface area contributed by atoms with Crippen LogP contribution in [0, 0.1) is 42.5 Å². The molecule has 0 unspecified atom stereocenters. The summed E-state index contributed by atoms with van der Waals surface area (Å²) in [5, 5.41) is 2.31. The number of ether oxygens (including phenoxy) is 1. The summed E-state index contributed by atoms with van der Waals surface area (Å²) in [6.45, 7) is 2.09. The van der Waals surface area contributed by atoms with Crippen LogP contribution in [0.1, 0.15) is 43.2 Å². The van der Waals surface area contributed by atoms with Gasteiger partial charge < -0.3 is 24.0 Å². The summed E-state index contributed by atoms with van der Waals surface area (Å²) < 4.78 is 8.87. The summed E-state index contributed by atoms with van der Waals surface area (Å²) >= 11 is 0. The van der Waals surface area contributed by atoms with Gasteiger partial charge in [-0.2, -0.15) is 18.8 Å². The number of hydrogen-bond acceptors (Lipinski definition) is 5. The molecule has 7 heteroatoms. The smallest absolute Gasteiger partial charge is 0.135 e. The summed E-state index contributed by atoms with van der Waals surface area (Å²) in [4.78, 5) is 11.6. The number of benzene rings is 5. The standard InChI is InChI=1S/C49H44N5O.Pt/c1-51(2)38-17-15-34(16-18-38)49(36-24-32-23-33(26-36)27-37(49)25-32)35-21-22-50-48(28-35)54-44-12-5-4-11-42(44)43-20-19-41(30-47(43)54)55-40-10-8-9-39(29-40)53-31-52(3)45-13-6-7-14-46(45)53;/h4-22,28,31-33,36-37H,23-27H2,1-3H3;/q-3;. The monoisotopic (exact) mass is 913 g/mol. The molecule has 4 saturated carbocycles. The van der Waals surface area contributed by atoms with Crippen LogP contribution >= 0.6 is 0 Å². The van der Waals surface area contributed by atoms with E-state index in [9.17, 15) is 0 Å². The van der Waals surface area contributed by atoms with Crippen molar-refractivity contribution in [2.75, 3.05) is 35.8 Å². The summed E-state index contributed by atoms with van der Waals surface area (Å²) in [7, 11) is 6.32. The largest absolute Gasteiger partial charge is 0.509 e. The Hall–Kier alpha value is -5.06. The van der Waals surface area contributed by atoms with Crippen molar-refractivity contribution in [1.29, 1.82) is 0 Å². The third-order valence-corrected chi connectivity index (χ3v) is 13.3. The summed E-state index contributed by atoms with van der Waals surface area (Å²) in [5.74, 6) is 5.21. The molecular weight excluding hydrogens is 870 g/mol. The maximum absolute atomic E-state index is 6.57. The van der Waals surface area contributed by atoms with Gasteiger partial charge in [-0.15, -0.1) is 41.4 Å². The van der Waals surface area contributed by atoms with Gasteiger partial charge in [0.15, 0.2) is 0 Å². The minimum Gasteiger partial charge on any atom is -0.509 e. The zero-order valence-corrected chi connectivity index (χ0v) is 34.2. The van der Waals surface area contributed by atoms with Crippen LogP contribution in [0.15, 0.2) is 121 Å². The van der Waals surface area contributed by atoms with E-state index < -0.39 is 0 Å². The average molecular weight is 914 g/mol. The Bertz CT molecular complexity index is 2570. The number of hydrogen-bond donors (Lipinski definition) is 0. The number of fused-ring (bicyclic) bond motifs is 4. The fourth-order valence-corrected chi connectivity index (χ4v) is 11.3. The first-order valence-corrected chi connectivity index (χ1v) is 19.8. The fraction of sp³-hybridized carbons (Fsp3) is 0.265. The molecule has 7 aromatic rings. The van der Waals surface area contributed by atoms with Crippen LogP contribution in [-0.2, 0) is 26.5 Å². The molecule has 3 heterocycles. The molecule has 4 aliphatic carbocycles. The zero-order valence-electron chi connectivity index (χ0n) is 31.9. The Morgan fingerprint density at radius 1 is 0.714 bits per heavy atom. The van der Waals surface area contributed by atoms with Crippen LogP contribution in [0.25, 0.3) is 27.6 Å². The van der Waals surface area contributed by atoms with E-state index >= 15 is 0 Å². The first-order valence-electron chi connectivity index (χ1n) is 19.8. The third kappa shape index (κ3) is 5.43. The third-order valence-electron chi connectivity index (χ3n) is 13.3. The second-order valence-electron chi connectivity index (χ2n) is 16.5. The Balaban J connectivity index is 0.00000384. The first kappa shape index (κ1) is 35.4. The van der Waals surface area contributed by atoms with E-state index in [1.807, 2.05) is 18.2 Å². The van der Waals surface area contributed by atoms with E-state index in [1.54, 1.807) is 0 Å². The molecule has 4 fully saturated rings. The molecule has 0 N–H and O–H groups in total. The van der Waals surface area contributed by atoms with E-state index in [0.29, 0.717) is 23.3 Å². The summed E-state index contributed by atoms with van der Waals surface area (Å²) in [6.07, 6.45) is 8.76. The minimum atomic E-state index is -0.0321. The Morgan fingerprint density at radius 2 is 1.43 bits per heavy atom. The zero-order chi connectivity index (χ0) is 36.8. The van der Waals surface area contributed by atoms with Crippen molar-refractivity contribution in [1.82, 2.24) is 9.55 Å². The van der Waals surface area contributed by atoms with Crippen LogP contribution in [0.2, 0.25) is 0 Å². The maximum Gasteiger partial charge on any atom is 0.135 e. The number of para-hydroxylation sites is 3. The van der Waals surface area contributed by atoms with Gasteiger partial charge in [-0.1, -0.05) is 48.0 Å². The van der Waals surface area contributed by atoms with Gasteiger partial charge in [0.2, 0.25) is 0 Å². The number of aromatic nitrogens is 2. The van der Waals surface area contributed by atoms with Crippen molar-refractivity contribution in [3.8, 4) is 17.3 Å². The SMILES string of the molecule is CN(C)c1ccc(C2(c3ccnc(-n4c5[c-]c(Oc6[c-]c(N7[CH-]N(C)c8ccccc87)ccc6)ccc5c5ccccc54)c3)C3CC4CC(C3)CC2C4)cc1.[Pt]. The molecule has 1 aliphatic heterocycles. The molecule has 12 rings (SSSR count). The van der Waals surface area contributed by atoms with Crippen LogP contribution in [0.4, 0.5) is 22.7 Å². The molecule has 0 amide bonds. The fourth-order valence-electron chi connectivity index (χ4n) is 11.3. The van der Waals surface area contributed by atoms with Gasteiger partial charge in [-0.25, -0.2) is 4.98 Å². The second kappa shape index (κ2) is 13.6. The number of nitrogens with zero attached hydrogens (tertiary/aromatic N) is 5. The maximum atomic E-state index is 6.57. The summed E-state index contributed by atoms with van der Waals surface area (Å²) in [5.41, 5.74) is 9.34. The topological polar surface area (TPSA) is 36.8 Å². The van der Waals surface area contributed by atoms with Gasteiger partial charge in [0.1, 0.15) is 5.82 Å². The summed E-state index contributed by atoms with van der Waals surface area (Å²) in [6, 6.07) is 48.7. The molecule has 4 bridgehead atoms. The average Bonchev–Trinajstić information content (AvgIpc) is 3.72. The Labute approximate surface area is 344 Å². The van der Waals surface area contributed by atoms with Crippen molar-refractivity contribution in [2.45, 2.75) is 37.5 Å². The molecular formula is C49H44N5OPt-3. The van der Waals surface area contributed by atoms with E-state index in [-0.39, 0.29) is 26.5 Å². The van der Waals surface area contributed by atoms with Gasteiger partial charge in [0, 0.05) is 80.9 Å². The molecule has 56 heavy (non-hydrogen) atoms. The number of pyridine rings is 1. The van der Waals surface area contributed by atoms with E-state index in [1.165, 1.54) is 54.3 Å². The second-order valence-corrected chi connectivity index (χ2v) is 16.5. The molecule has 0 spiro atoms. The molecule has 284 valence electrons. The van der Waals surface area contributed by atoms with Crippen LogP contribution in [-0.4, -0.2) is 30.7 Å². The van der Waals surface area contributed by atoms with Gasteiger partial charge >= 0.3 is 0 Å². The number of anilines is 4. The van der Waals surface area contributed by atoms with Gasteiger partial charge in [-0.3, -0.25) is 0 Å². The Morgan fingerprint density at radius 3 is 2.20 bits per heavy atom. The van der Waals surface area contributed by atoms with Gasteiger partial charge in [-0.05, 0) is 122 Å². The molecule has 2 aromatic heterocycles. The predicted octanol–water partition coefficient (Wildman–Crippen LogP) is 11.1. The van der Waals surface area contributed by atoms with Crippen molar-refractivity contribution >= 4 is 44.6 Å². The van der Waals surface area contributed by atoms with E-state index in [2.05, 4.69) is 162 Å². The van der Waals surface area contributed by atoms with Crippen molar-refractivity contribution in [3.63, 3.8) is 0 Å². The van der Waals surface area contributed by atoms with Gasteiger partial charge in [0.05, 0.1) is 0 Å². The van der Waals surface area contributed by atoms with Crippen molar-refractivity contribution in [3.05, 3.63) is 151 Å². The van der Waals surface area contributed by atoms with E-state index in [4.69, 9.17) is 9.72 Å². The first-order chi connectivity index (χ1) is 26.9. The molecule has 0 atom stereocenters. The molecule has 0 saturated heterocycles. The van der Waals surface area contributed by atoms with E-state index in [0.717, 1.165) is 51.1 Å². The quantitative estimate of drug-likeness (QED) is 0.149. The minimum absolute atomic E-state index is 0. The number of rotatable bonds is 7. The molecule has 5 aliphatic rings. The van der Waals surface area contributed by atoms with Crippen LogP contribution < -0.4 is 19.4 Å². The van der Waals surface area contributed by atoms with Gasteiger partial charge in [0.25, 0.3) is 0 Å². The molecule has 6 nitrogen and oxygen atoms in total.